The lowest BCUT2D eigenvalue weighted by Gasteiger charge is -2.33. The molecule has 2 heterocycles. The number of hydrogen-bond donors (Lipinski definition) is 1. The van der Waals surface area contributed by atoms with Crippen molar-refractivity contribution in [2.45, 2.75) is 50.5 Å². The van der Waals surface area contributed by atoms with Gasteiger partial charge in [-0.1, -0.05) is 23.4 Å². The van der Waals surface area contributed by atoms with Crippen LogP contribution in [0.15, 0.2) is 33.9 Å². The fourth-order valence-corrected chi connectivity index (χ4v) is 3.61. The first-order valence-corrected chi connectivity index (χ1v) is 11.1. The van der Waals surface area contributed by atoms with Crippen LogP contribution >= 0.6 is 23.4 Å². The van der Waals surface area contributed by atoms with Crippen LogP contribution in [-0.4, -0.2) is 57.6 Å². The van der Waals surface area contributed by atoms with Crippen molar-refractivity contribution in [3.8, 4) is 11.5 Å². The molecule has 0 spiro atoms. The number of halogens is 1. The number of piperidine rings is 1. The van der Waals surface area contributed by atoms with Crippen molar-refractivity contribution < 1.29 is 18.7 Å². The molecule has 0 aliphatic carbocycles. The van der Waals surface area contributed by atoms with Gasteiger partial charge in [0.05, 0.1) is 5.75 Å². The number of carbonyl (C=O) groups is 2. The van der Waals surface area contributed by atoms with Crippen molar-refractivity contribution in [2.75, 3.05) is 18.8 Å². The highest BCUT2D eigenvalue weighted by atomic mass is 35.5. The standard InChI is InChI=1S/C20H25ClN4O4S/c1-20(2,3)29-19(27)25-10-8-15(9-11-25)22-16(26)12-30-18-24-23-17(28-18)13-4-6-14(21)7-5-13/h4-7,15H,8-12H2,1-3H3,(H,22,26). The van der Waals surface area contributed by atoms with Crippen molar-refractivity contribution in [1.82, 2.24) is 20.4 Å². The summed E-state index contributed by atoms with van der Waals surface area (Å²) in [5.41, 5.74) is 0.251. The average Bonchev–Trinajstić information content (AvgIpc) is 3.15. The Labute approximate surface area is 184 Å². The van der Waals surface area contributed by atoms with Crippen LogP contribution in [0.5, 0.6) is 0 Å². The van der Waals surface area contributed by atoms with E-state index < -0.39 is 5.60 Å². The van der Waals surface area contributed by atoms with Crippen LogP contribution in [0.1, 0.15) is 33.6 Å². The van der Waals surface area contributed by atoms with Crippen molar-refractivity contribution in [2.24, 2.45) is 0 Å². The van der Waals surface area contributed by atoms with Gasteiger partial charge < -0.3 is 19.4 Å². The molecule has 162 valence electrons. The summed E-state index contributed by atoms with van der Waals surface area (Å²) in [7, 11) is 0. The molecule has 1 saturated heterocycles. The largest absolute Gasteiger partial charge is 0.444 e. The summed E-state index contributed by atoms with van der Waals surface area (Å²) >= 11 is 7.06. The average molecular weight is 453 g/mol. The van der Waals surface area contributed by atoms with Crippen LogP contribution in [-0.2, 0) is 9.53 Å². The van der Waals surface area contributed by atoms with Crippen LogP contribution in [0.2, 0.25) is 5.02 Å². The molecule has 1 aliphatic heterocycles. The summed E-state index contributed by atoms with van der Waals surface area (Å²) < 4.78 is 11.0. The molecule has 2 amide bonds. The molecule has 1 aromatic carbocycles. The summed E-state index contributed by atoms with van der Waals surface area (Å²) in [5, 5.41) is 11.9. The predicted molar refractivity (Wildman–Crippen MR) is 114 cm³/mol. The third-order valence-electron chi connectivity index (χ3n) is 4.34. The zero-order valence-corrected chi connectivity index (χ0v) is 18.8. The molecule has 8 nitrogen and oxygen atoms in total. The number of hydrogen-bond acceptors (Lipinski definition) is 7. The second kappa shape index (κ2) is 9.70. The van der Waals surface area contributed by atoms with E-state index in [2.05, 4.69) is 15.5 Å². The zero-order valence-electron chi connectivity index (χ0n) is 17.2. The molecule has 1 aromatic heterocycles. The van der Waals surface area contributed by atoms with E-state index in [-0.39, 0.29) is 23.8 Å². The number of ether oxygens (including phenoxy) is 1. The molecule has 0 saturated carbocycles. The van der Waals surface area contributed by atoms with Gasteiger partial charge in [-0.2, -0.15) is 0 Å². The predicted octanol–water partition coefficient (Wildman–Crippen LogP) is 4.00. The Kier molecular flexibility index (Phi) is 7.25. The molecule has 3 rings (SSSR count). The number of benzene rings is 1. The van der Waals surface area contributed by atoms with E-state index in [9.17, 15) is 9.59 Å². The van der Waals surface area contributed by atoms with Gasteiger partial charge in [-0.15, -0.1) is 10.2 Å². The molecule has 0 atom stereocenters. The molecule has 0 unspecified atom stereocenters. The molecular formula is C20H25ClN4O4S. The van der Waals surface area contributed by atoms with Crippen LogP contribution in [0.3, 0.4) is 0 Å². The van der Waals surface area contributed by atoms with Crippen LogP contribution < -0.4 is 5.32 Å². The van der Waals surface area contributed by atoms with Gasteiger partial charge >= 0.3 is 6.09 Å². The molecule has 1 aliphatic rings. The van der Waals surface area contributed by atoms with Gasteiger partial charge in [0.1, 0.15) is 5.60 Å². The number of amides is 2. The van der Waals surface area contributed by atoms with Gasteiger partial charge in [-0.3, -0.25) is 4.79 Å². The summed E-state index contributed by atoms with van der Waals surface area (Å²) in [6.07, 6.45) is 1.07. The van der Waals surface area contributed by atoms with Gasteiger partial charge in [0, 0.05) is 29.7 Å². The number of rotatable bonds is 5. The van der Waals surface area contributed by atoms with E-state index in [1.165, 1.54) is 11.8 Å². The van der Waals surface area contributed by atoms with E-state index in [4.69, 9.17) is 20.8 Å². The minimum Gasteiger partial charge on any atom is -0.444 e. The number of likely N-dealkylation sites (tertiary alicyclic amines) is 1. The molecule has 0 radical (unpaired) electrons. The Morgan fingerprint density at radius 1 is 1.23 bits per heavy atom. The number of nitrogens with one attached hydrogen (secondary N) is 1. The van der Waals surface area contributed by atoms with Crippen molar-refractivity contribution in [1.29, 1.82) is 0 Å². The molecule has 0 bridgehead atoms. The van der Waals surface area contributed by atoms with E-state index in [0.29, 0.717) is 42.1 Å². The van der Waals surface area contributed by atoms with E-state index >= 15 is 0 Å². The smallest absolute Gasteiger partial charge is 0.410 e. The van der Waals surface area contributed by atoms with E-state index in [0.717, 1.165) is 5.56 Å². The number of nitrogens with zero attached hydrogens (tertiary/aromatic N) is 3. The van der Waals surface area contributed by atoms with Crippen LogP contribution in [0.4, 0.5) is 4.79 Å². The van der Waals surface area contributed by atoms with Gasteiger partial charge in [-0.25, -0.2) is 4.79 Å². The first-order valence-electron chi connectivity index (χ1n) is 9.69. The highest BCUT2D eigenvalue weighted by Gasteiger charge is 2.27. The fourth-order valence-electron chi connectivity index (χ4n) is 2.91. The topological polar surface area (TPSA) is 97.6 Å². The Bertz CT molecular complexity index is 874. The van der Waals surface area contributed by atoms with Gasteiger partial charge in [-0.05, 0) is 57.9 Å². The summed E-state index contributed by atoms with van der Waals surface area (Å²) in [6, 6.07) is 7.11. The zero-order chi connectivity index (χ0) is 21.7. The summed E-state index contributed by atoms with van der Waals surface area (Å²) in [6.45, 7) is 6.65. The van der Waals surface area contributed by atoms with Gasteiger partial charge in [0.15, 0.2) is 0 Å². The number of thioether (sulfide) groups is 1. The molecule has 10 heteroatoms. The second-order valence-electron chi connectivity index (χ2n) is 7.98. The monoisotopic (exact) mass is 452 g/mol. The quantitative estimate of drug-likeness (QED) is 0.684. The molecule has 1 fully saturated rings. The lowest BCUT2D eigenvalue weighted by molar-refractivity contribution is -0.119. The maximum absolute atomic E-state index is 12.3. The van der Waals surface area contributed by atoms with Crippen LogP contribution in [0, 0.1) is 0 Å². The molecule has 2 aromatic rings. The summed E-state index contributed by atoms with van der Waals surface area (Å²) in [4.78, 5) is 26.0. The van der Waals surface area contributed by atoms with Gasteiger partial charge in [0.25, 0.3) is 5.22 Å². The minimum absolute atomic E-state index is 0.0316. The minimum atomic E-state index is -0.512. The summed E-state index contributed by atoms with van der Waals surface area (Å²) in [5.74, 6) is 0.445. The normalized spacial score (nSPS) is 15.1. The number of aromatic nitrogens is 2. The molecule has 1 N–H and O–H groups in total. The lowest BCUT2D eigenvalue weighted by atomic mass is 10.1. The van der Waals surface area contributed by atoms with E-state index in [1.54, 1.807) is 29.2 Å². The molecular weight excluding hydrogens is 428 g/mol. The van der Waals surface area contributed by atoms with E-state index in [1.807, 2.05) is 20.8 Å². The molecule has 30 heavy (non-hydrogen) atoms. The Hall–Kier alpha value is -2.26. The van der Waals surface area contributed by atoms with Crippen molar-refractivity contribution in [3.05, 3.63) is 29.3 Å². The SMILES string of the molecule is CC(C)(C)OC(=O)N1CCC(NC(=O)CSc2nnc(-c3ccc(Cl)cc3)o2)CC1. The third kappa shape index (κ3) is 6.63. The maximum atomic E-state index is 12.3. The van der Waals surface area contributed by atoms with Crippen molar-refractivity contribution in [3.63, 3.8) is 0 Å². The number of carbonyl (C=O) groups excluding carboxylic acids is 2. The Morgan fingerprint density at radius 2 is 1.90 bits per heavy atom. The first kappa shape index (κ1) is 22.4. The second-order valence-corrected chi connectivity index (χ2v) is 9.34. The lowest BCUT2D eigenvalue weighted by Crippen LogP contribution is -2.48. The maximum Gasteiger partial charge on any atom is 0.410 e. The van der Waals surface area contributed by atoms with Crippen molar-refractivity contribution >= 4 is 35.4 Å². The first-order chi connectivity index (χ1) is 14.2. The van der Waals surface area contributed by atoms with Crippen LogP contribution in [0.25, 0.3) is 11.5 Å². The fraction of sp³-hybridized carbons (Fsp3) is 0.500. The highest BCUT2D eigenvalue weighted by Crippen LogP contribution is 2.24. The van der Waals surface area contributed by atoms with Gasteiger partial charge in [0.2, 0.25) is 11.8 Å². The third-order valence-corrected chi connectivity index (χ3v) is 5.41. The Morgan fingerprint density at radius 3 is 2.53 bits per heavy atom. The Balaban J connectivity index is 1.41. The highest BCUT2D eigenvalue weighted by molar-refractivity contribution is 7.99.